The maximum absolute atomic E-state index is 12.9. The predicted molar refractivity (Wildman–Crippen MR) is 114 cm³/mol. The molecule has 2 heterocycles. The Balaban J connectivity index is 1.33. The molecular formula is C24H29N3O. The second kappa shape index (κ2) is 8.61. The van der Waals surface area contributed by atoms with E-state index in [2.05, 4.69) is 70.4 Å². The van der Waals surface area contributed by atoms with Crippen LogP contribution in [-0.2, 0) is 17.8 Å². The zero-order valence-corrected chi connectivity index (χ0v) is 16.6. The fourth-order valence-electron chi connectivity index (χ4n) is 4.28. The summed E-state index contributed by atoms with van der Waals surface area (Å²) in [6.07, 6.45) is 5.67. The number of likely N-dealkylation sites (tertiary alicyclic amines) is 1. The van der Waals surface area contributed by atoms with Crippen LogP contribution in [0.1, 0.15) is 30.4 Å². The third kappa shape index (κ3) is 4.28. The van der Waals surface area contributed by atoms with E-state index in [0.717, 1.165) is 44.4 Å². The zero-order valence-electron chi connectivity index (χ0n) is 16.6. The van der Waals surface area contributed by atoms with Gasteiger partial charge in [0.15, 0.2) is 0 Å². The number of para-hydroxylation sites is 1. The number of aromatic amines is 1. The molecule has 0 spiro atoms. The highest BCUT2D eigenvalue weighted by atomic mass is 16.2. The average molecular weight is 376 g/mol. The van der Waals surface area contributed by atoms with Gasteiger partial charge in [-0.3, -0.25) is 9.69 Å². The maximum Gasteiger partial charge on any atom is 0.222 e. The quantitative estimate of drug-likeness (QED) is 0.700. The first kappa shape index (κ1) is 18.8. The fourth-order valence-corrected chi connectivity index (χ4v) is 4.28. The molecule has 1 aromatic heterocycles. The maximum atomic E-state index is 12.9. The average Bonchev–Trinajstić information content (AvgIpc) is 3.16. The summed E-state index contributed by atoms with van der Waals surface area (Å²) in [5.41, 5.74) is 3.71. The molecule has 0 radical (unpaired) electrons. The molecule has 1 aliphatic heterocycles. The Kier molecular flexibility index (Phi) is 5.77. The van der Waals surface area contributed by atoms with Crippen molar-refractivity contribution in [2.75, 3.05) is 20.1 Å². The second-order valence-corrected chi connectivity index (χ2v) is 7.90. The molecule has 28 heavy (non-hydrogen) atoms. The second-order valence-electron chi connectivity index (χ2n) is 7.90. The molecule has 4 nitrogen and oxygen atoms in total. The van der Waals surface area contributed by atoms with Crippen molar-refractivity contribution in [2.24, 2.45) is 0 Å². The van der Waals surface area contributed by atoms with Crippen molar-refractivity contribution < 1.29 is 4.79 Å². The SMILES string of the molecule is CN(Cc1ccccc1)C1CCCN(C(=O)CCc2c[nH]c3ccccc23)C1. The van der Waals surface area contributed by atoms with Crippen LogP contribution in [0.3, 0.4) is 0 Å². The van der Waals surface area contributed by atoms with E-state index in [4.69, 9.17) is 0 Å². The number of rotatable bonds is 6. The molecule has 0 bridgehead atoms. The lowest BCUT2D eigenvalue weighted by Crippen LogP contribution is -2.48. The number of aromatic nitrogens is 1. The summed E-state index contributed by atoms with van der Waals surface area (Å²) in [6, 6.07) is 19.3. The van der Waals surface area contributed by atoms with Crippen molar-refractivity contribution >= 4 is 16.8 Å². The van der Waals surface area contributed by atoms with Gasteiger partial charge in [-0.2, -0.15) is 0 Å². The van der Waals surface area contributed by atoms with E-state index in [1.165, 1.54) is 16.5 Å². The number of hydrogen-bond donors (Lipinski definition) is 1. The van der Waals surface area contributed by atoms with Crippen LogP contribution in [0.5, 0.6) is 0 Å². The Morgan fingerprint density at radius 2 is 1.93 bits per heavy atom. The third-order valence-corrected chi connectivity index (χ3v) is 5.93. The van der Waals surface area contributed by atoms with Crippen molar-refractivity contribution in [2.45, 2.75) is 38.3 Å². The highest BCUT2D eigenvalue weighted by Crippen LogP contribution is 2.21. The highest BCUT2D eigenvalue weighted by molar-refractivity contribution is 5.84. The van der Waals surface area contributed by atoms with Gasteiger partial charge in [-0.1, -0.05) is 48.5 Å². The van der Waals surface area contributed by atoms with E-state index < -0.39 is 0 Å². The standard InChI is InChI=1S/C24H29N3O/c1-26(17-19-8-3-2-4-9-19)21-10-7-15-27(18-21)24(28)14-13-20-16-25-23-12-6-5-11-22(20)23/h2-6,8-9,11-12,16,21,25H,7,10,13-15,17-18H2,1H3. The first-order valence-electron chi connectivity index (χ1n) is 10.3. The van der Waals surface area contributed by atoms with Crippen molar-refractivity contribution in [3.05, 3.63) is 71.9 Å². The molecule has 1 aliphatic rings. The van der Waals surface area contributed by atoms with Crippen molar-refractivity contribution in [3.63, 3.8) is 0 Å². The first-order valence-corrected chi connectivity index (χ1v) is 10.3. The highest BCUT2D eigenvalue weighted by Gasteiger charge is 2.26. The van der Waals surface area contributed by atoms with E-state index in [0.29, 0.717) is 12.5 Å². The summed E-state index contributed by atoms with van der Waals surface area (Å²) < 4.78 is 0. The molecule has 1 unspecified atom stereocenters. The van der Waals surface area contributed by atoms with Gasteiger partial charge in [-0.25, -0.2) is 0 Å². The van der Waals surface area contributed by atoms with Crippen molar-refractivity contribution in [3.8, 4) is 0 Å². The smallest absolute Gasteiger partial charge is 0.222 e. The Hall–Kier alpha value is -2.59. The number of H-pyrrole nitrogens is 1. The molecule has 1 fully saturated rings. The molecule has 0 saturated carbocycles. The number of piperidine rings is 1. The molecule has 1 saturated heterocycles. The lowest BCUT2D eigenvalue weighted by Gasteiger charge is -2.37. The van der Waals surface area contributed by atoms with Crippen LogP contribution in [0.25, 0.3) is 10.9 Å². The van der Waals surface area contributed by atoms with Gasteiger partial charge in [0, 0.05) is 49.2 Å². The van der Waals surface area contributed by atoms with Crippen LogP contribution in [-0.4, -0.2) is 46.9 Å². The number of carbonyl (C=O) groups excluding carboxylic acids is 1. The Morgan fingerprint density at radius 1 is 1.14 bits per heavy atom. The summed E-state index contributed by atoms with van der Waals surface area (Å²) in [7, 11) is 2.18. The van der Waals surface area contributed by atoms with E-state index in [1.807, 2.05) is 12.3 Å². The van der Waals surface area contributed by atoms with E-state index in [9.17, 15) is 4.79 Å². The van der Waals surface area contributed by atoms with Crippen LogP contribution < -0.4 is 0 Å². The third-order valence-electron chi connectivity index (χ3n) is 5.93. The summed E-state index contributed by atoms with van der Waals surface area (Å²) in [4.78, 5) is 20.6. The first-order chi connectivity index (χ1) is 13.7. The molecule has 1 amide bonds. The molecule has 3 aromatic rings. The monoisotopic (exact) mass is 375 g/mol. The van der Waals surface area contributed by atoms with Gasteiger partial charge in [0.1, 0.15) is 0 Å². The van der Waals surface area contributed by atoms with Crippen molar-refractivity contribution in [1.82, 2.24) is 14.8 Å². The number of fused-ring (bicyclic) bond motifs is 1. The Bertz CT molecular complexity index is 918. The number of amides is 1. The van der Waals surface area contributed by atoms with Gasteiger partial charge >= 0.3 is 0 Å². The summed E-state index contributed by atoms with van der Waals surface area (Å²) >= 11 is 0. The van der Waals surface area contributed by atoms with E-state index in [-0.39, 0.29) is 5.91 Å². The number of benzene rings is 2. The van der Waals surface area contributed by atoms with Crippen LogP contribution in [0.4, 0.5) is 0 Å². The molecule has 0 aliphatic carbocycles. The molecule has 4 rings (SSSR count). The predicted octanol–water partition coefficient (Wildman–Crippen LogP) is 4.22. The minimum Gasteiger partial charge on any atom is -0.361 e. The Labute approximate surface area is 167 Å². The van der Waals surface area contributed by atoms with Gasteiger partial charge in [0.2, 0.25) is 5.91 Å². The largest absolute Gasteiger partial charge is 0.361 e. The van der Waals surface area contributed by atoms with Gasteiger partial charge in [-0.05, 0) is 43.5 Å². The van der Waals surface area contributed by atoms with Gasteiger partial charge in [-0.15, -0.1) is 0 Å². The van der Waals surface area contributed by atoms with Crippen molar-refractivity contribution in [1.29, 1.82) is 0 Å². The number of nitrogens with one attached hydrogen (secondary N) is 1. The molecule has 1 atom stereocenters. The summed E-state index contributed by atoms with van der Waals surface area (Å²) in [6.45, 7) is 2.67. The number of likely N-dealkylation sites (N-methyl/N-ethyl adjacent to an activating group) is 1. The number of aryl methyl sites for hydroxylation is 1. The summed E-state index contributed by atoms with van der Waals surface area (Å²) in [5, 5.41) is 1.23. The zero-order chi connectivity index (χ0) is 19.3. The lowest BCUT2D eigenvalue weighted by atomic mass is 10.0. The topological polar surface area (TPSA) is 39.3 Å². The molecular weight excluding hydrogens is 346 g/mol. The normalized spacial score (nSPS) is 17.4. The van der Waals surface area contributed by atoms with Gasteiger partial charge < -0.3 is 9.88 Å². The minimum atomic E-state index is 0.281. The Morgan fingerprint density at radius 3 is 2.79 bits per heavy atom. The van der Waals surface area contributed by atoms with Gasteiger partial charge in [0.05, 0.1) is 0 Å². The number of carbonyl (C=O) groups is 1. The molecule has 4 heteroatoms. The van der Waals surface area contributed by atoms with E-state index >= 15 is 0 Å². The minimum absolute atomic E-state index is 0.281. The van der Waals surface area contributed by atoms with Crippen LogP contribution in [0, 0.1) is 0 Å². The molecule has 1 N–H and O–H groups in total. The summed E-state index contributed by atoms with van der Waals surface area (Å²) in [5.74, 6) is 0.281. The van der Waals surface area contributed by atoms with Crippen LogP contribution >= 0.6 is 0 Å². The number of hydrogen-bond acceptors (Lipinski definition) is 2. The van der Waals surface area contributed by atoms with Crippen LogP contribution in [0.2, 0.25) is 0 Å². The van der Waals surface area contributed by atoms with Crippen LogP contribution in [0.15, 0.2) is 60.8 Å². The van der Waals surface area contributed by atoms with E-state index in [1.54, 1.807) is 0 Å². The lowest BCUT2D eigenvalue weighted by molar-refractivity contribution is -0.133. The fraction of sp³-hybridized carbons (Fsp3) is 0.375. The molecule has 2 aromatic carbocycles. The number of nitrogens with zero attached hydrogens (tertiary/aromatic N) is 2. The molecule has 146 valence electrons. The van der Waals surface area contributed by atoms with Gasteiger partial charge in [0.25, 0.3) is 0 Å².